The van der Waals surface area contributed by atoms with E-state index in [4.69, 9.17) is 14.2 Å². The molecule has 0 radical (unpaired) electrons. The fraction of sp³-hybridized carbons (Fsp3) is 0.400. The number of hydrogen-bond donors (Lipinski definition) is 0. The summed E-state index contributed by atoms with van der Waals surface area (Å²) < 4.78 is 15.4. The molecule has 0 spiro atoms. The number of nitrogens with zero attached hydrogens (tertiary/aromatic N) is 1. The molecule has 0 saturated heterocycles. The van der Waals surface area contributed by atoms with Crippen molar-refractivity contribution in [1.29, 1.82) is 0 Å². The molecule has 0 atom stereocenters. The van der Waals surface area contributed by atoms with Crippen molar-refractivity contribution in [2.75, 3.05) is 34.0 Å². The summed E-state index contributed by atoms with van der Waals surface area (Å²) in [7, 11) is 2.93. The predicted molar refractivity (Wildman–Crippen MR) is 98.5 cm³/mol. The van der Waals surface area contributed by atoms with Crippen molar-refractivity contribution in [3.8, 4) is 5.75 Å². The fourth-order valence-corrected chi connectivity index (χ4v) is 2.86. The van der Waals surface area contributed by atoms with Crippen LogP contribution in [-0.2, 0) is 19.1 Å². The van der Waals surface area contributed by atoms with Crippen molar-refractivity contribution in [3.05, 3.63) is 46.7 Å². The monoisotopic (exact) mass is 359 g/mol. The van der Waals surface area contributed by atoms with Crippen molar-refractivity contribution in [2.45, 2.75) is 20.3 Å². The van der Waals surface area contributed by atoms with E-state index in [1.165, 1.54) is 7.11 Å². The third kappa shape index (κ3) is 4.32. The Balaban J connectivity index is 2.34. The summed E-state index contributed by atoms with van der Waals surface area (Å²) in [5.74, 6) is 0.0451. The molecule has 0 unspecified atom stereocenters. The highest BCUT2D eigenvalue weighted by Gasteiger charge is 2.36. The number of carbonyl (C=O) groups is 2. The highest BCUT2D eigenvalue weighted by molar-refractivity contribution is 6.16. The average molecular weight is 359 g/mol. The summed E-state index contributed by atoms with van der Waals surface area (Å²) in [6, 6.07) is 7.37. The Morgan fingerprint density at radius 2 is 1.88 bits per heavy atom. The molecule has 26 heavy (non-hydrogen) atoms. The maximum absolute atomic E-state index is 12.9. The minimum absolute atomic E-state index is 0.201. The summed E-state index contributed by atoms with van der Waals surface area (Å²) in [5, 5.41) is 0. The lowest BCUT2D eigenvalue weighted by Gasteiger charge is -2.17. The standard InChI is InChI=1S/C20H25NO5/c1-5-26-16-9-7-15(8-10-16)13-17-18(20(23)25-4)14(2)21(19(17)22)11-6-12-24-3/h7-10,13H,5-6,11-12H2,1-4H3. The first-order valence-electron chi connectivity index (χ1n) is 8.58. The molecule has 0 saturated carbocycles. The van der Waals surface area contributed by atoms with Crippen LogP contribution in [0, 0.1) is 0 Å². The first-order valence-corrected chi connectivity index (χ1v) is 8.58. The van der Waals surface area contributed by atoms with E-state index in [0.29, 0.717) is 43.0 Å². The molecule has 140 valence electrons. The smallest absolute Gasteiger partial charge is 0.340 e. The van der Waals surface area contributed by atoms with Gasteiger partial charge in [0.1, 0.15) is 5.75 Å². The summed E-state index contributed by atoms with van der Waals surface area (Å²) in [5.41, 5.74) is 2.07. The van der Waals surface area contributed by atoms with Gasteiger partial charge < -0.3 is 19.1 Å². The van der Waals surface area contributed by atoms with Crippen molar-refractivity contribution in [1.82, 2.24) is 4.90 Å². The molecule has 0 fully saturated rings. The van der Waals surface area contributed by atoms with E-state index < -0.39 is 5.97 Å². The Morgan fingerprint density at radius 1 is 1.19 bits per heavy atom. The maximum atomic E-state index is 12.9. The van der Waals surface area contributed by atoms with Crippen molar-refractivity contribution >= 4 is 18.0 Å². The van der Waals surface area contributed by atoms with Crippen LogP contribution in [0.1, 0.15) is 25.8 Å². The normalized spacial score (nSPS) is 15.8. The van der Waals surface area contributed by atoms with Crippen LogP contribution in [0.2, 0.25) is 0 Å². The van der Waals surface area contributed by atoms with Gasteiger partial charge in [-0.05, 0) is 44.0 Å². The number of benzene rings is 1. The van der Waals surface area contributed by atoms with Crippen molar-refractivity contribution in [3.63, 3.8) is 0 Å². The lowest BCUT2D eigenvalue weighted by molar-refractivity contribution is -0.136. The van der Waals surface area contributed by atoms with Crippen molar-refractivity contribution in [2.24, 2.45) is 0 Å². The number of hydrogen-bond acceptors (Lipinski definition) is 5. The highest BCUT2D eigenvalue weighted by Crippen LogP contribution is 2.31. The van der Waals surface area contributed by atoms with Crippen LogP contribution in [0.25, 0.3) is 6.08 Å². The number of esters is 1. The number of carbonyl (C=O) groups excluding carboxylic acids is 2. The Hall–Kier alpha value is -2.60. The largest absolute Gasteiger partial charge is 0.494 e. The Kier molecular flexibility index (Phi) is 6.97. The van der Waals surface area contributed by atoms with Gasteiger partial charge in [0.15, 0.2) is 0 Å². The van der Waals surface area contributed by atoms with E-state index >= 15 is 0 Å². The lowest BCUT2D eigenvalue weighted by Crippen LogP contribution is -2.26. The lowest BCUT2D eigenvalue weighted by atomic mass is 10.0. The zero-order valence-corrected chi connectivity index (χ0v) is 15.7. The van der Waals surface area contributed by atoms with Gasteiger partial charge in [0.2, 0.25) is 0 Å². The zero-order valence-electron chi connectivity index (χ0n) is 15.7. The number of allylic oxidation sites excluding steroid dienone is 1. The average Bonchev–Trinajstić information content (AvgIpc) is 2.87. The molecule has 0 bridgehead atoms. The summed E-state index contributed by atoms with van der Waals surface area (Å²) >= 11 is 0. The second kappa shape index (κ2) is 9.20. The molecule has 1 aliphatic rings. The molecule has 6 nitrogen and oxygen atoms in total. The van der Waals surface area contributed by atoms with Gasteiger partial charge in [-0.15, -0.1) is 0 Å². The quantitative estimate of drug-likeness (QED) is 0.406. The van der Waals surface area contributed by atoms with Gasteiger partial charge in [0.05, 0.1) is 24.9 Å². The number of amides is 1. The Bertz CT molecular complexity index is 718. The predicted octanol–water partition coefficient (Wildman–Crippen LogP) is 2.79. The number of methoxy groups -OCH3 is 2. The molecular weight excluding hydrogens is 334 g/mol. The second-order valence-electron chi connectivity index (χ2n) is 5.82. The molecule has 1 aliphatic heterocycles. The molecule has 6 heteroatoms. The molecular formula is C20H25NO5. The van der Waals surface area contributed by atoms with Crippen LogP contribution in [-0.4, -0.2) is 50.8 Å². The molecule has 0 aliphatic carbocycles. The first-order chi connectivity index (χ1) is 12.5. The van der Waals surface area contributed by atoms with Gasteiger partial charge in [-0.2, -0.15) is 0 Å². The van der Waals surface area contributed by atoms with E-state index in [0.717, 1.165) is 11.3 Å². The van der Waals surface area contributed by atoms with E-state index in [9.17, 15) is 9.59 Å². The summed E-state index contributed by atoms with van der Waals surface area (Å²) in [6.07, 6.45) is 2.40. The molecule has 1 heterocycles. The van der Waals surface area contributed by atoms with Crippen LogP contribution in [0.5, 0.6) is 5.75 Å². The summed E-state index contributed by atoms with van der Waals surface area (Å²) in [6.45, 7) is 5.30. The third-order valence-electron chi connectivity index (χ3n) is 4.13. The Morgan fingerprint density at radius 3 is 2.46 bits per heavy atom. The molecule has 2 rings (SSSR count). The minimum Gasteiger partial charge on any atom is -0.494 e. The van der Waals surface area contributed by atoms with Gasteiger partial charge in [-0.1, -0.05) is 12.1 Å². The van der Waals surface area contributed by atoms with Crippen LogP contribution in [0.3, 0.4) is 0 Å². The maximum Gasteiger partial charge on any atom is 0.340 e. The van der Waals surface area contributed by atoms with Gasteiger partial charge >= 0.3 is 5.97 Å². The van der Waals surface area contributed by atoms with E-state index in [2.05, 4.69) is 0 Å². The second-order valence-corrected chi connectivity index (χ2v) is 5.82. The van der Waals surface area contributed by atoms with E-state index in [-0.39, 0.29) is 5.91 Å². The highest BCUT2D eigenvalue weighted by atomic mass is 16.5. The molecule has 1 amide bonds. The minimum atomic E-state index is -0.512. The fourth-order valence-electron chi connectivity index (χ4n) is 2.86. The van der Waals surface area contributed by atoms with Crippen LogP contribution < -0.4 is 4.74 Å². The van der Waals surface area contributed by atoms with Crippen LogP contribution >= 0.6 is 0 Å². The van der Waals surface area contributed by atoms with Gasteiger partial charge in [-0.25, -0.2) is 4.79 Å². The molecule has 1 aromatic carbocycles. The Labute approximate surface area is 154 Å². The van der Waals surface area contributed by atoms with Crippen LogP contribution in [0.4, 0.5) is 0 Å². The summed E-state index contributed by atoms with van der Waals surface area (Å²) in [4.78, 5) is 26.7. The van der Waals surface area contributed by atoms with Crippen LogP contribution in [0.15, 0.2) is 41.1 Å². The molecule has 0 aromatic heterocycles. The van der Waals surface area contributed by atoms with Crippen molar-refractivity contribution < 1.29 is 23.8 Å². The van der Waals surface area contributed by atoms with E-state index in [1.807, 2.05) is 31.2 Å². The number of ether oxygens (including phenoxy) is 3. The first kappa shape index (κ1) is 19.7. The number of rotatable bonds is 8. The van der Waals surface area contributed by atoms with Gasteiger partial charge in [-0.3, -0.25) is 4.79 Å². The van der Waals surface area contributed by atoms with E-state index in [1.54, 1.807) is 25.0 Å². The third-order valence-corrected chi connectivity index (χ3v) is 4.13. The topological polar surface area (TPSA) is 65.1 Å². The zero-order chi connectivity index (χ0) is 19.1. The van der Waals surface area contributed by atoms with Gasteiger partial charge in [0.25, 0.3) is 5.91 Å². The SMILES string of the molecule is CCOc1ccc(C=C2C(=O)N(CCCOC)C(C)=C2C(=O)OC)cc1. The molecule has 1 aromatic rings. The molecule has 0 N–H and O–H groups in total. The van der Waals surface area contributed by atoms with Gasteiger partial charge in [0, 0.05) is 26.0 Å².